The number of piperazine rings is 1. The van der Waals surface area contributed by atoms with Crippen LogP contribution in [0.5, 0.6) is 0 Å². The zero-order valence-electron chi connectivity index (χ0n) is 21.4. The highest BCUT2D eigenvalue weighted by molar-refractivity contribution is 7.99. The van der Waals surface area contributed by atoms with E-state index in [-0.39, 0.29) is 28.9 Å². The third-order valence-corrected chi connectivity index (χ3v) is 8.41. The van der Waals surface area contributed by atoms with Crippen LogP contribution in [-0.4, -0.2) is 47.6 Å². The lowest BCUT2D eigenvalue weighted by atomic mass is 9.96. The van der Waals surface area contributed by atoms with E-state index in [2.05, 4.69) is 10.3 Å². The Morgan fingerprint density at radius 3 is 2.48 bits per heavy atom. The summed E-state index contributed by atoms with van der Waals surface area (Å²) in [5.74, 6) is 0.0224. The topological polar surface area (TPSA) is 59.4 Å². The Hall–Kier alpha value is -3.41. The van der Waals surface area contributed by atoms with Crippen molar-refractivity contribution < 1.29 is 22.3 Å². The molecule has 6 nitrogen and oxygen atoms in total. The van der Waals surface area contributed by atoms with Crippen molar-refractivity contribution in [1.29, 1.82) is 0 Å². The van der Waals surface area contributed by atoms with Gasteiger partial charge in [-0.25, -0.2) is 9.18 Å². The summed E-state index contributed by atoms with van der Waals surface area (Å²) in [6.07, 6.45) is -5.16. The maximum Gasteiger partial charge on any atom is 0.417 e. The van der Waals surface area contributed by atoms with Crippen LogP contribution in [0.2, 0.25) is 0 Å². The maximum absolute atomic E-state index is 14.7. The predicted molar refractivity (Wildman–Crippen MR) is 147 cm³/mol. The number of hydrogen-bond acceptors (Lipinski definition) is 6. The van der Waals surface area contributed by atoms with Crippen LogP contribution in [0.25, 0.3) is 22.0 Å². The third-order valence-electron chi connectivity index (χ3n) is 7.18. The molecular formula is C29H26F4N4O2S. The van der Waals surface area contributed by atoms with Crippen molar-refractivity contribution in [3.63, 3.8) is 0 Å². The van der Waals surface area contributed by atoms with Gasteiger partial charge in [0.05, 0.1) is 30.3 Å². The molecule has 0 aliphatic carbocycles. The van der Waals surface area contributed by atoms with Crippen molar-refractivity contribution in [2.24, 2.45) is 0 Å². The lowest BCUT2D eigenvalue weighted by molar-refractivity contribution is -0.137. The highest BCUT2D eigenvalue weighted by Crippen LogP contribution is 2.48. The number of benzene rings is 3. The number of halogens is 4. The summed E-state index contributed by atoms with van der Waals surface area (Å²) in [5, 5.41) is 3.49. The minimum Gasteiger partial charge on any atom is -0.371 e. The number of hydrogen-bond donors (Lipinski definition) is 1. The van der Waals surface area contributed by atoms with E-state index >= 15 is 0 Å². The summed E-state index contributed by atoms with van der Waals surface area (Å²) in [7, 11) is 0. The van der Waals surface area contributed by atoms with Gasteiger partial charge in [0.1, 0.15) is 11.6 Å². The Bertz CT molecular complexity index is 1590. The maximum atomic E-state index is 14.7. The fraction of sp³-hybridized carbons (Fsp3) is 0.310. The van der Waals surface area contributed by atoms with Gasteiger partial charge in [0.15, 0.2) is 0 Å². The molecule has 0 bridgehead atoms. The molecule has 0 amide bonds. The average molecular weight is 571 g/mol. The van der Waals surface area contributed by atoms with Gasteiger partial charge in [0.2, 0.25) is 0 Å². The van der Waals surface area contributed by atoms with Gasteiger partial charge in [-0.3, -0.25) is 4.57 Å². The molecule has 6 rings (SSSR count). The minimum atomic E-state index is -4.70. The summed E-state index contributed by atoms with van der Waals surface area (Å²) in [6, 6.07) is 15.6. The zero-order chi connectivity index (χ0) is 27.9. The SMILES string of the molecule is O=c1nc(N2CCNCC2)c2cc(C(F)(F)F)c(-c3ccc(F)cc3)c3c2n1CC(OCc1ccccc1)CS3. The largest absolute Gasteiger partial charge is 0.417 e. The van der Waals surface area contributed by atoms with Crippen LogP contribution in [0.4, 0.5) is 23.4 Å². The molecule has 2 aliphatic heterocycles. The second kappa shape index (κ2) is 10.9. The number of nitrogens with one attached hydrogen (secondary N) is 1. The van der Waals surface area contributed by atoms with Crippen molar-refractivity contribution in [1.82, 2.24) is 14.9 Å². The van der Waals surface area contributed by atoms with Gasteiger partial charge in [-0.1, -0.05) is 42.5 Å². The molecule has 40 heavy (non-hydrogen) atoms. The van der Waals surface area contributed by atoms with Crippen LogP contribution in [0.1, 0.15) is 11.1 Å². The van der Waals surface area contributed by atoms with Crippen LogP contribution in [0.3, 0.4) is 0 Å². The summed E-state index contributed by atoms with van der Waals surface area (Å²) in [4.78, 5) is 20.0. The van der Waals surface area contributed by atoms with Crippen LogP contribution >= 0.6 is 11.8 Å². The molecule has 4 aromatic rings. The molecule has 0 spiro atoms. The Morgan fingerprint density at radius 1 is 1.05 bits per heavy atom. The first kappa shape index (κ1) is 26.8. The fourth-order valence-corrected chi connectivity index (χ4v) is 6.55. The molecule has 208 valence electrons. The van der Waals surface area contributed by atoms with Gasteiger partial charge in [-0.15, -0.1) is 11.8 Å². The second-order valence-corrected chi connectivity index (χ2v) is 10.9. The first-order valence-corrected chi connectivity index (χ1v) is 14.0. The number of nitrogens with zero attached hydrogens (tertiary/aromatic N) is 3. The summed E-state index contributed by atoms with van der Waals surface area (Å²) >= 11 is 1.23. The lowest BCUT2D eigenvalue weighted by Gasteiger charge is -2.30. The van der Waals surface area contributed by atoms with Crippen LogP contribution in [0, 0.1) is 5.82 Å². The quantitative estimate of drug-likeness (QED) is 0.328. The van der Waals surface area contributed by atoms with E-state index in [1.807, 2.05) is 35.2 Å². The lowest BCUT2D eigenvalue weighted by Crippen LogP contribution is -2.45. The zero-order valence-corrected chi connectivity index (χ0v) is 22.2. The van der Waals surface area contributed by atoms with E-state index in [0.717, 1.165) is 23.8 Å². The number of anilines is 1. The predicted octanol–water partition coefficient (Wildman–Crippen LogP) is 5.32. The van der Waals surface area contributed by atoms with Gasteiger partial charge in [0, 0.05) is 47.8 Å². The number of rotatable bonds is 5. The van der Waals surface area contributed by atoms with Gasteiger partial charge < -0.3 is 15.0 Å². The Kier molecular flexibility index (Phi) is 7.28. The average Bonchev–Trinajstić information content (AvgIpc) is 3.15. The van der Waals surface area contributed by atoms with Gasteiger partial charge in [-0.05, 0) is 29.3 Å². The van der Waals surface area contributed by atoms with Crippen molar-refractivity contribution in [3.05, 3.63) is 88.1 Å². The highest BCUT2D eigenvalue weighted by atomic mass is 32.2. The fourth-order valence-electron chi connectivity index (χ4n) is 5.27. The monoisotopic (exact) mass is 570 g/mol. The Labute approximate surface area is 232 Å². The molecule has 0 saturated carbocycles. The molecule has 3 heterocycles. The van der Waals surface area contributed by atoms with Crippen molar-refractivity contribution >= 4 is 28.5 Å². The van der Waals surface area contributed by atoms with Gasteiger partial charge in [0.25, 0.3) is 0 Å². The number of thioether (sulfide) groups is 1. The van der Waals surface area contributed by atoms with Crippen LogP contribution < -0.4 is 15.9 Å². The van der Waals surface area contributed by atoms with Crippen molar-refractivity contribution in [2.45, 2.75) is 30.3 Å². The van der Waals surface area contributed by atoms with E-state index < -0.39 is 29.4 Å². The first-order chi connectivity index (χ1) is 19.3. The summed E-state index contributed by atoms with van der Waals surface area (Å²) in [6.45, 7) is 2.72. The van der Waals surface area contributed by atoms with Gasteiger partial charge in [-0.2, -0.15) is 18.2 Å². The van der Waals surface area contributed by atoms with E-state index in [0.29, 0.717) is 49.0 Å². The normalized spacial score (nSPS) is 17.7. The van der Waals surface area contributed by atoms with Gasteiger partial charge >= 0.3 is 11.9 Å². The van der Waals surface area contributed by atoms with E-state index in [9.17, 15) is 22.4 Å². The second-order valence-electron chi connectivity index (χ2n) is 9.82. The molecule has 0 radical (unpaired) electrons. The summed E-state index contributed by atoms with van der Waals surface area (Å²) < 4.78 is 65.5. The van der Waals surface area contributed by atoms with Crippen molar-refractivity contribution in [2.75, 3.05) is 36.8 Å². The molecule has 3 aromatic carbocycles. The van der Waals surface area contributed by atoms with E-state index in [1.54, 1.807) is 0 Å². The molecule has 1 saturated heterocycles. The highest BCUT2D eigenvalue weighted by Gasteiger charge is 2.38. The van der Waals surface area contributed by atoms with Crippen LogP contribution in [0.15, 0.2) is 70.4 Å². The molecular weight excluding hydrogens is 544 g/mol. The Balaban J connectivity index is 1.56. The number of alkyl halides is 3. The molecule has 1 fully saturated rings. The molecule has 1 atom stereocenters. The molecule has 2 aliphatic rings. The van der Waals surface area contributed by atoms with Crippen LogP contribution in [-0.2, 0) is 24.1 Å². The molecule has 1 unspecified atom stereocenters. The molecule has 11 heteroatoms. The first-order valence-electron chi connectivity index (χ1n) is 13.0. The summed E-state index contributed by atoms with van der Waals surface area (Å²) in [5.41, 5.74) is 0.117. The Morgan fingerprint density at radius 2 is 1.77 bits per heavy atom. The molecule has 1 aromatic heterocycles. The minimum absolute atomic E-state index is 0.0701. The smallest absolute Gasteiger partial charge is 0.371 e. The van der Waals surface area contributed by atoms with E-state index in [1.165, 1.54) is 28.5 Å². The standard InChI is InChI=1S/C29H26F4N4O2S/c30-20-8-6-19(7-9-20)24-23(29(31,32)33)14-22-25-26(24)40-17-21(39-16-18-4-2-1-3-5-18)15-37(25)28(38)35-27(22)36-12-10-34-11-13-36/h1-9,14,21,34H,10-13,15-17H2. The number of ether oxygens (including phenoxy) is 1. The third kappa shape index (κ3) is 5.21. The van der Waals surface area contributed by atoms with Crippen molar-refractivity contribution in [3.8, 4) is 11.1 Å². The molecule has 1 N–H and O–H groups in total. The number of aromatic nitrogens is 2. The van der Waals surface area contributed by atoms with E-state index in [4.69, 9.17) is 4.74 Å².